The van der Waals surface area contributed by atoms with Crippen molar-refractivity contribution in [1.29, 1.82) is 0 Å². The molecule has 0 bridgehead atoms. The lowest BCUT2D eigenvalue weighted by Gasteiger charge is -2.17. The highest BCUT2D eigenvalue weighted by Gasteiger charge is 2.42. The van der Waals surface area contributed by atoms with Crippen LogP contribution in [-0.4, -0.2) is 21.9 Å². The first-order valence-electron chi connectivity index (χ1n) is 5.75. The zero-order chi connectivity index (χ0) is 12.5. The predicted molar refractivity (Wildman–Crippen MR) is 69.2 cm³/mol. The van der Waals surface area contributed by atoms with Gasteiger partial charge in [-0.3, -0.25) is 4.79 Å². The minimum atomic E-state index is -1.01. The molecule has 0 amide bonds. The molecule has 0 heterocycles. The van der Waals surface area contributed by atoms with Crippen LogP contribution in [0, 0.1) is 6.92 Å². The van der Waals surface area contributed by atoms with Crippen LogP contribution in [0.2, 0.25) is 0 Å². The third-order valence-electron chi connectivity index (χ3n) is 3.25. The van der Waals surface area contributed by atoms with Gasteiger partial charge in [-0.1, -0.05) is 17.7 Å². The number of hydrogen-bond donors (Lipinski definition) is 2. The van der Waals surface area contributed by atoms with E-state index >= 15 is 0 Å². The van der Waals surface area contributed by atoms with Crippen LogP contribution in [0.4, 0.5) is 0 Å². The Balaban J connectivity index is 1.98. The van der Waals surface area contributed by atoms with Crippen molar-refractivity contribution in [1.82, 2.24) is 0 Å². The summed E-state index contributed by atoms with van der Waals surface area (Å²) in [5, 5.41) is 9.38. The fourth-order valence-corrected chi connectivity index (χ4v) is 3.43. The number of carbonyl (C=O) groups is 1. The number of nitrogens with two attached hydrogens (primary N) is 1. The van der Waals surface area contributed by atoms with Crippen molar-refractivity contribution >= 4 is 17.7 Å². The molecule has 1 aliphatic carbocycles. The average Bonchev–Trinajstić information content (AvgIpc) is 2.65. The third kappa shape index (κ3) is 2.82. The molecule has 3 N–H and O–H groups in total. The number of aliphatic carboxylic acids is 1. The summed E-state index contributed by atoms with van der Waals surface area (Å²) in [7, 11) is 0. The maximum absolute atomic E-state index is 11.0. The number of carboxylic acids is 1. The summed E-state index contributed by atoms with van der Waals surface area (Å²) in [6, 6.07) is 8.31. The van der Waals surface area contributed by atoms with Crippen LogP contribution in [0.25, 0.3) is 0 Å². The number of rotatable bonds is 3. The normalized spacial score (nSPS) is 28.2. The molecular formula is C13H17NO2S. The molecule has 2 unspecified atom stereocenters. The van der Waals surface area contributed by atoms with Crippen molar-refractivity contribution in [2.75, 3.05) is 0 Å². The molecule has 0 saturated heterocycles. The predicted octanol–water partition coefficient (Wildman–Crippen LogP) is 2.42. The molecule has 17 heavy (non-hydrogen) atoms. The van der Waals surface area contributed by atoms with E-state index in [-0.39, 0.29) is 0 Å². The van der Waals surface area contributed by atoms with Gasteiger partial charge in [0.15, 0.2) is 0 Å². The van der Waals surface area contributed by atoms with Crippen LogP contribution in [0.15, 0.2) is 29.2 Å². The Bertz CT molecular complexity index is 418. The number of benzene rings is 1. The van der Waals surface area contributed by atoms with Crippen LogP contribution in [0.3, 0.4) is 0 Å². The van der Waals surface area contributed by atoms with E-state index < -0.39 is 11.5 Å². The summed E-state index contributed by atoms with van der Waals surface area (Å²) in [6.07, 6.45) is 2.01. The van der Waals surface area contributed by atoms with Crippen molar-refractivity contribution in [3.63, 3.8) is 0 Å². The quantitative estimate of drug-likeness (QED) is 0.866. The number of carboxylic acid groups (broad SMARTS) is 1. The molecule has 1 aromatic rings. The van der Waals surface area contributed by atoms with Crippen molar-refractivity contribution in [3.8, 4) is 0 Å². The van der Waals surface area contributed by atoms with Gasteiger partial charge in [-0.25, -0.2) is 0 Å². The minimum Gasteiger partial charge on any atom is -0.480 e. The lowest BCUT2D eigenvalue weighted by molar-refractivity contribution is -0.143. The van der Waals surface area contributed by atoms with Gasteiger partial charge >= 0.3 is 5.97 Å². The van der Waals surface area contributed by atoms with Crippen LogP contribution in [-0.2, 0) is 4.79 Å². The largest absolute Gasteiger partial charge is 0.480 e. The summed E-state index contributed by atoms with van der Waals surface area (Å²) in [4.78, 5) is 12.2. The Morgan fingerprint density at radius 2 is 2.12 bits per heavy atom. The van der Waals surface area contributed by atoms with E-state index in [0.29, 0.717) is 18.1 Å². The van der Waals surface area contributed by atoms with E-state index in [2.05, 4.69) is 31.2 Å². The SMILES string of the molecule is Cc1ccc(SC2CCC(N)(C(=O)O)C2)cc1. The standard InChI is InChI=1S/C13H17NO2S/c1-9-2-4-10(5-3-9)17-11-6-7-13(14,8-11)12(15)16/h2-5,11H,6-8,14H2,1H3,(H,15,16). The Morgan fingerprint density at radius 3 is 2.65 bits per heavy atom. The average molecular weight is 251 g/mol. The molecular weight excluding hydrogens is 234 g/mol. The molecule has 1 saturated carbocycles. The summed E-state index contributed by atoms with van der Waals surface area (Å²) >= 11 is 1.74. The van der Waals surface area contributed by atoms with Gasteiger partial charge in [-0.2, -0.15) is 0 Å². The number of aryl methyl sites for hydroxylation is 1. The van der Waals surface area contributed by atoms with Gasteiger partial charge in [0, 0.05) is 10.1 Å². The first-order valence-corrected chi connectivity index (χ1v) is 6.63. The van der Waals surface area contributed by atoms with Gasteiger partial charge in [-0.05, 0) is 38.3 Å². The topological polar surface area (TPSA) is 63.3 Å². The van der Waals surface area contributed by atoms with E-state index in [0.717, 1.165) is 6.42 Å². The van der Waals surface area contributed by atoms with Gasteiger partial charge in [0.05, 0.1) is 0 Å². The minimum absolute atomic E-state index is 0.318. The van der Waals surface area contributed by atoms with Crippen molar-refractivity contribution in [2.45, 2.75) is 41.9 Å². The van der Waals surface area contributed by atoms with Gasteiger partial charge in [-0.15, -0.1) is 11.8 Å². The molecule has 4 heteroatoms. The summed E-state index contributed by atoms with van der Waals surface area (Å²) in [5.74, 6) is -0.871. The Labute approximate surface area is 105 Å². The Morgan fingerprint density at radius 1 is 1.47 bits per heavy atom. The molecule has 92 valence electrons. The Kier molecular flexibility index (Phi) is 3.45. The van der Waals surface area contributed by atoms with Crippen LogP contribution >= 0.6 is 11.8 Å². The Hall–Kier alpha value is -1.00. The molecule has 2 rings (SSSR count). The second-order valence-corrected chi connectivity index (χ2v) is 6.13. The third-order valence-corrected chi connectivity index (χ3v) is 4.53. The van der Waals surface area contributed by atoms with Gasteiger partial charge in [0.1, 0.15) is 5.54 Å². The van der Waals surface area contributed by atoms with Gasteiger partial charge in [0.2, 0.25) is 0 Å². The fraction of sp³-hybridized carbons (Fsp3) is 0.462. The maximum atomic E-state index is 11.0. The molecule has 0 aliphatic heterocycles. The smallest absolute Gasteiger partial charge is 0.323 e. The second-order valence-electron chi connectivity index (χ2n) is 4.76. The second kappa shape index (κ2) is 4.70. The highest BCUT2D eigenvalue weighted by molar-refractivity contribution is 8.00. The van der Waals surface area contributed by atoms with Gasteiger partial charge < -0.3 is 10.8 Å². The van der Waals surface area contributed by atoms with Crippen molar-refractivity contribution in [3.05, 3.63) is 29.8 Å². The van der Waals surface area contributed by atoms with Crippen LogP contribution < -0.4 is 5.73 Å². The molecule has 0 spiro atoms. The van der Waals surface area contributed by atoms with E-state index in [9.17, 15) is 4.79 Å². The summed E-state index contributed by atoms with van der Waals surface area (Å²) < 4.78 is 0. The number of thioether (sulfide) groups is 1. The molecule has 3 nitrogen and oxygen atoms in total. The monoisotopic (exact) mass is 251 g/mol. The summed E-state index contributed by atoms with van der Waals surface area (Å²) in [5.41, 5.74) is 6.08. The molecule has 1 aliphatic rings. The van der Waals surface area contributed by atoms with E-state index in [1.165, 1.54) is 10.5 Å². The highest BCUT2D eigenvalue weighted by Crippen LogP contribution is 2.39. The maximum Gasteiger partial charge on any atom is 0.323 e. The molecule has 1 aromatic carbocycles. The van der Waals surface area contributed by atoms with Crippen LogP contribution in [0.1, 0.15) is 24.8 Å². The zero-order valence-corrected chi connectivity index (χ0v) is 10.7. The molecule has 0 aromatic heterocycles. The molecule has 2 atom stereocenters. The fourth-order valence-electron chi connectivity index (χ4n) is 2.13. The van der Waals surface area contributed by atoms with Crippen molar-refractivity contribution in [2.24, 2.45) is 5.73 Å². The summed E-state index contributed by atoms with van der Waals surface area (Å²) in [6.45, 7) is 2.05. The first kappa shape index (κ1) is 12.5. The van der Waals surface area contributed by atoms with Crippen molar-refractivity contribution < 1.29 is 9.90 Å². The zero-order valence-electron chi connectivity index (χ0n) is 9.85. The molecule has 0 radical (unpaired) electrons. The van der Waals surface area contributed by atoms with E-state index in [1.807, 2.05) is 0 Å². The van der Waals surface area contributed by atoms with E-state index in [1.54, 1.807) is 11.8 Å². The van der Waals surface area contributed by atoms with Crippen LogP contribution in [0.5, 0.6) is 0 Å². The molecule has 1 fully saturated rings. The first-order chi connectivity index (χ1) is 7.99. The lowest BCUT2D eigenvalue weighted by atomic mass is 10.0. The highest BCUT2D eigenvalue weighted by atomic mass is 32.2. The number of hydrogen-bond acceptors (Lipinski definition) is 3. The van der Waals surface area contributed by atoms with E-state index in [4.69, 9.17) is 10.8 Å². The van der Waals surface area contributed by atoms with Gasteiger partial charge in [0.25, 0.3) is 0 Å². The lowest BCUT2D eigenvalue weighted by Crippen LogP contribution is -2.45.